The summed E-state index contributed by atoms with van der Waals surface area (Å²) in [6.45, 7) is 1.42. The largest absolute Gasteiger partial charge is 0.632 e. The Bertz CT molecular complexity index is 772. The molecule has 0 atom stereocenters. The average Bonchev–Trinajstić information content (AvgIpc) is 2.62. The number of aromatic nitrogens is 2. The molecule has 0 aliphatic carbocycles. The van der Waals surface area contributed by atoms with E-state index >= 15 is 0 Å². The molecule has 4 N–H and O–H groups in total. The normalized spacial score (nSPS) is 12.3. The van der Waals surface area contributed by atoms with Gasteiger partial charge in [0.25, 0.3) is 0 Å². The molecule has 154 valence electrons. The highest BCUT2D eigenvalue weighted by atomic mass is 31.2. The molecule has 0 saturated heterocycles. The Kier molecular flexibility index (Phi) is 8.65. The molecule has 0 aliphatic heterocycles. The average molecular weight is 430 g/mol. The van der Waals surface area contributed by atoms with E-state index in [2.05, 4.69) is 0 Å². The molecule has 2 aromatic rings. The zero-order chi connectivity index (χ0) is 20.6. The lowest BCUT2D eigenvalue weighted by Crippen LogP contribution is -2.33. The van der Waals surface area contributed by atoms with Gasteiger partial charge in [-0.05, 0) is 24.0 Å². The highest BCUT2D eigenvalue weighted by molar-refractivity contribution is 7.57. The molecule has 2 rings (SSSR count). The van der Waals surface area contributed by atoms with Gasteiger partial charge in [0.15, 0.2) is 24.8 Å². The van der Waals surface area contributed by atoms with Gasteiger partial charge in [0.2, 0.25) is 7.94 Å². The van der Waals surface area contributed by atoms with Gasteiger partial charge in [-0.2, -0.15) is 0 Å². The van der Waals surface area contributed by atoms with Crippen LogP contribution in [0, 0.1) is 0 Å². The highest BCUT2D eigenvalue weighted by Gasteiger charge is 2.17. The summed E-state index contributed by atoms with van der Waals surface area (Å²) in [5.41, 5.74) is 2.14. The minimum atomic E-state index is -3.90. The van der Waals surface area contributed by atoms with Crippen molar-refractivity contribution in [3.05, 3.63) is 49.1 Å². The standard InChI is InChI=1S/C18H26N2O6P2/c21-27(22,23)15-3-1-9-19-11-5-17(6-12-19)18-7-13-20(14-8-18)10-2-4-16-28(24,25)26/h5-8,11-14H,1-4,9-10,15-16H2,(H2-2,21,22,23,24,25,26)/p+2. The van der Waals surface area contributed by atoms with Gasteiger partial charge in [0.1, 0.15) is 19.3 Å². The fraction of sp³-hybridized carbons (Fsp3) is 0.444. The molecule has 8 nitrogen and oxygen atoms in total. The lowest BCUT2D eigenvalue weighted by Gasteiger charge is -2.13. The molecule has 2 aromatic heterocycles. The molecule has 0 bridgehead atoms. The Labute approximate surface area is 165 Å². The Balaban J connectivity index is 1.80. The van der Waals surface area contributed by atoms with Crippen molar-refractivity contribution >= 4 is 15.5 Å². The van der Waals surface area contributed by atoms with Crippen molar-refractivity contribution in [3.8, 4) is 11.1 Å². The third-order valence-electron chi connectivity index (χ3n) is 4.35. The van der Waals surface area contributed by atoms with E-state index in [9.17, 15) is 9.46 Å². The van der Waals surface area contributed by atoms with Crippen molar-refractivity contribution in [3.63, 3.8) is 0 Å². The summed E-state index contributed by atoms with van der Waals surface area (Å²) in [5, 5.41) is 0. The first-order chi connectivity index (χ1) is 13.1. The van der Waals surface area contributed by atoms with Crippen molar-refractivity contribution in [2.45, 2.75) is 38.8 Å². The predicted octanol–water partition coefficient (Wildman–Crippen LogP) is 0.774. The molecule has 10 heteroatoms. The summed E-state index contributed by atoms with van der Waals surface area (Å²) in [7, 11) is -7.80. The van der Waals surface area contributed by atoms with Crippen LogP contribution in [0.2, 0.25) is 0 Å². The van der Waals surface area contributed by atoms with Crippen LogP contribution in [0.4, 0.5) is 0 Å². The maximum atomic E-state index is 10.8. The molecule has 0 amide bonds. The van der Waals surface area contributed by atoms with Crippen LogP contribution in [0.1, 0.15) is 25.7 Å². The van der Waals surface area contributed by atoms with Gasteiger partial charge in [0.05, 0.1) is 6.16 Å². The minimum absolute atomic E-state index is 0.0744. The van der Waals surface area contributed by atoms with Crippen LogP contribution < -0.4 is 14.0 Å². The first-order valence-electron chi connectivity index (χ1n) is 9.20. The van der Waals surface area contributed by atoms with Gasteiger partial charge >= 0.3 is 7.60 Å². The third kappa shape index (κ3) is 9.30. The number of hydrogen-bond donors (Lipinski definition) is 4. The van der Waals surface area contributed by atoms with E-state index < -0.39 is 15.5 Å². The number of nitrogens with zero attached hydrogens (tertiary/aromatic N) is 2. The van der Waals surface area contributed by atoms with Gasteiger partial charge in [-0.3, -0.25) is 4.57 Å². The molecular weight excluding hydrogens is 402 g/mol. The van der Waals surface area contributed by atoms with E-state index in [1.165, 1.54) is 0 Å². The zero-order valence-corrected chi connectivity index (χ0v) is 17.5. The van der Waals surface area contributed by atoms with Crippen LogP contribution in [0.25, 0.3) is 11.1 Å². The van der Waals surface area contributed by atoms with Crippen LogP contribution in [-0.2, 0) is 17.7 Å². The SMILES string of the molecule is O=P(O)(O)CCCC[n+]1ccc(-c2cc[n+](CCCC[P+]([O-])(O)O)cc2)cc1. The molecule has 0 aliphatic rings. The van der Waals surface area contributed by atoms with E-state index in [0.29, 0.717) is 38.8 Å². The number of unbranched alkanes of at least 4 members (excludes halogenated alkanes) is 2. The van der Waals surface area contributed by atoms with Crippen LogP contribution in [-0.4, -0.2) is 31.9 Å². The van der Waals surface area contributed by atoms with E-state index in [0.717, 1.165) is 11.1 Å². The summed E-state index contributed by atoms with van der Waals surface area (Å²) < 4.78 is 14.8. The predicted molar refractivity (Wildman–Crippen MR) is 104 cm³/mol. The van der Waals surface area contributed by atoms with Crippen LogP contribution in [0.3, 0.4) is 0 Å². The quantitative estimate of drug-likeness (QED) is 0.237. The Morgan fingerprint density at radius 1 is 0.821 bits per heavy atom. The molecule has 2 heterocycles. The van der Waals surface area contributed by atoms with Crippen molar-refractivity contribution in [2.24, 2.45) is 0 Å². The topological polar surface area (TPSA) is 129 Å². The molecule has 0 unspecified atom stereocenters. The van der Waals surface area contributed by atoms with E-state index in [1.54, 1.807) is 0 Å². The lowest BCUT2D eigenvalue weighted by molar-refractivity contribution is -0.697. The zero-order valence-electron chi connectivity index (χ0n) is 15.7. The number of aryl methyl sites for hydroxylation is 2. The lowest BCUT2D eigenvalue weighted by atomic mass is 10.1. The molecular formula is C18H28N2O6P2+2. The van der Waals surface area contributed by atoms with Gasteiger partial charge in [-0.25, -0.2) is 18.9 Å². The first kappa shape index (κ1) is 23.0. The van der Waals surface area contributed by atoms with Crippen LogP contribution >= 0.6 is 15.5 Å². The summed E-state index contributed by atoms with van der Waals surface area (Å²) in [4.78, 5) is 46.3. The fourth-order valence-corrected chi connectivity index (χ4v) is 4.09. The van der Waals surface area contributed by atoms with Gasteiger partial charge in [-0.15, -0.1) is 0 Å². The van der Waals surface area contributed by atoms with Gasteiger partial charge in [0, 0.05) is 37.1 Å². The molecule has 0 saturated carbocycles. The maximum absolute atomic E-state index is 10.8. The van der Waals surface area contributed by atoms with Crippen molar-refractivity contribution in [2.75, 3.05) is 12.3 Å². The highest BCUT2D eigenvalue weighted by Crippen LogP contribution is 2.39. The Hall–Kier alpha value is -1.24. The van der Waals surface area contributed by atoms with Gasteiger partial charge < -0.3 is 14.7 Å². The van der Waals surface area contributed by atoms with Crippen molar-refractivity contribution in [1.29, 1.82) is 0 Å². The molecule has 0 spiro atoms. The summed E-state index contributed by atoms with van der Waals surface area (Å²) in [6, 6.07) is 8.01. The van der Waals surface area contributed by atoms with E-state index in [4.69, 9.17) is 19.6 Å². The molecule has 0 aromatic carbocycles. The number of pyridine rings is 2. The Morgan fingerprint density at radius 3 is 1.64 bits per heavy atom. The van der Waals surface area contributed by atoms with Crippen molar-refractivity contribution < 1.29 is 38.2 Å². The van der Waals surface area contributed by atoms with Crippen LogP contribution in [0.15, 0.2) is 49.1 Å². The van der Waals surface area contributed by atoms with Crippen LogP contribution in [0.5, 0.6) is 0 Å². The van der Waals surface area contributed by atoms with E-state index in [1.807, 2.05) is 58.2 Å². The second kappa shape index (κ2) is 10.5. The monoisotopic (exact) mass is 430 g/mol. The second-order valence-electron chi connectivity index (χ2n) is 6.84. The minimum Gasteiger partial charge on any atom is -0.632 e. The summed E-state index contributed by atoms with van der Waals surface area (Å²) >= 11 is 0. The number of hydrogen-bond acceptors (Lipinski definition) is 4. The summed E-state index contributed by atoms with van der Waals surface area (Å²) in [6.07, 6.45) is 10.1. The fourth-order valence-electron chi connectivity index (χ4n) is 2.82. The van der Waals surface area contributed by atoms with Gasteiger partial charge in [-0.1, -0.05) is 0 Å². The maximum Gasteiger partial charge on any atom is 0.325 e. The van der Waals surface area contributed by atoms with Crippen molar-refractivity contribution in [1.82, 2.24) is 0 Å². The molecule has 0 fully saturated rings. The van der Waals surface area contributed by atoms with E-state index in [-0.39, 0.29) is 12.3 Å². The Morgan fingerprint density at radius 2 is 1.25 bits per heavy atom. The number of rotatable bonds is 11. The second-order valence-corrected chi connectivity index (χ2v) is 10.4. The smallest absolute Gasteiger partial charge is 0.325 e. The third-order valence-corrected chi connectivity index (χ3v) is 6.14. The molecule has 0 radical (unpaired) electrons. The summed E-state index contributed by atoms with van der Waals surface area (Å²) in [5.74, 6) is 0. The molecule has 28 heavy (non-hydrogen) atoms. The first-order valence-corrected chi connectivity index (χ1v) is 12.8.